The van der Waals surface area contributed by atoms with Crippen LogP contribution in [0.5, 0.6) is 0 Å². The van der Waals surface area contributed by atoms with Gasteiger partial charge >= 0.3 is 0 Å². The first-order valence-corrected chi connectivity index (χ1v) is 10.5. The molecule has 148 valence electrons. The van der Waals surface area contributed by atoms with Gasteiger partial charge in [0.15, 0.2) is 0 Å². The van der Waals surface area contributed by atoms with Gasteiger partial charge in [0.2, 0.25) is 5.91 Å². The predicted octanol–water partition coefficient (Wildman–Crippen LogP) is 3.43. The number of nitrogens with zero attached hydrogens (tertiary/aromatic N) is 1. The second kappa shape index (κ2) is 10.2. The molecule has 3 nitrogen and oxygen atoms in total. The number of likely N-dealkylation sites (tertiary alicyclic amines) is 1. The largest absolute Gasteiger partial charge is 0.338 e. The average Bonchev–Trinajstić information content (AvgIpc) is 2.73. The quantitative estimate of drug-likeness (QED) is 0.786. The van der Waals surface area contributed by atoms with Gasteiger partial charge in [0, 0.05) is 31.8 Å². The Hall–Kier alpha value is -2.39. The highest BCUT2D eigenvalue weighted by atomic mass is 16.2. The first-order valence-electron chi connectivity index (χ1n) is 10.5. The fraction of sp³-hybridized carbons (Fsp3) is 0.400. The van der Waals surface area contributed by atoms with Crippen LogP contribution in [0.3, 0.4) is 0 Å². The van der Waals surface area contributed by atoms with Crippen molar-refractivity contribution in [3.05, 3.63) is 77.4 Å². The van der Waals surface area contributed by atoms with Gasteiger partial charge in [-0.05, 0) is 30.5 Å². The molecule has 3 heteroatoms. The van der Waals surface area contributed by atoms with E-state index in [0.29, 0.717) is 5.91 Å². The minimum Gasteiger partial charge on any atom is -0.338 e. The molecule has 1 fully saturated rings. The van der Waals surface area contributed by atoms with Crippen molar-refractivity contribution in [3.8, 4) is 0 Å². The van der Waals surface area contributed by atoms with Crippen LogP contribution in [0.4, 0.5) is 0 Å². The molecular formula is C25H33N2O+. The van der Waals surface area contributed by atoms with E-state index in [1.165, 1.54) is 16.7 Å². The first-order chi connectivity index (χ1) is 13.7. The Labute approximate surface area is 169 Å². The average molecular weight is 378 g/mol. The SMILES string of the molecule is CCN(Cc1ccccc1)C(=O)C1CC[NH+](C/C(C)=C\c2ccccc2)CC1. The number of carbonyl (C=O) groups is 1. The van der Waals surface area contributed by atoms with Crippen LogP contribution in [0, 0.1) is 5.92 Å². The number of amides is 1. The number of hydrogen-bond acceptors (Lipinski definition) is 1. The minimum absolute atomic E-state index is 0.186. The van der Waals surface area contributed by atoms with E-state index in [4.69, 9.17) is 0 Å². The Morgan fingerprint density at radius 3 is 2.25 bits per heavy atom. The van der Waals surface area contributed by atoms with Crippen LogP contribution in [0.15, 0.2) is 66.2 Å². The van der Waals surface area contributed by atoms with Gasteiger partial charge in [-0.15, -0.1) is 0 Å². The second-order valence-electron chi connectivity index (χ2n) is 7.94. The molecule has 3 rings (SSSR count). The van der Waals surface area contributed by atoms with Gasteiger partial charge in [0.1, 0.15) is 0 Å². The summed E-state index contributed by atoms with van der Waals surface area (Å²) >= 11 is 0. The van der Waals surface area contributed by atoms with Gasteiger partial charge < -0.3 is 9.80 Å². The molecule has 28 heavy (non-hydrogen) atoms. The van der Waals surface area contributed by atoms with Gasteiger partial charge in [-0.25, -0.2) is 0 Å². The number of carbonyl (C=O) groups excluding carboxylic acids is 1. The maximum absolute atomic E-state index is 13.0. The van der Waals surface area contributed by atoms with Crippen molar-refractivity contribution < 1.29 is 9.69 Å². The summed E-state index contributed by atoms with van der Waals surface area (Å²) in [6, 6.07) is 20.8. The van der Waals surface area contributed by atoms with Crippen molar-refractivity contribution in [2.24, 2.45) is 5.92 Å². The molecule has 0 unspecified atom stereocenters. The Morgan fingerprint density at radius 2 is 1.64 bits per heavy atom. The Balaban J connectivity index is 1.50. The maximum atomic E-state index is 13.0. The fourth-order valence-electron chi connectivity index (χ4n) is 4.14. The summed E-state index contributed by atoms with van der Waals surface area (Å²) in [4.78, 5) is 16.6. The second-order valence-corrected chi connectivity index (χ2v) is 7.94. The molecule has 1 N–H and O–H groups in total. The Morgan fingerprint density at radius 1 is 1.04 bits per heavy atom. The molecule has 0 saturated carbocycles. The molecule has 0 aromatic heterocycles. The zero-order valence-electron chi connectivity index (χ0n) is 17.2. The molecule has 0 bridgehead atoms. The van der Waals surface area contributed by atoms with Crippen molar-refractivity contribution in [2.45, 2.75) is 33.2 Å². The van der Waals surface area contributed by atoms with Gasteiger partial charge in [-0.3, -0.25) is 4.79 Å². The summed E-state index contributed by atoms with van der Waals surface area (Å²) in [6.45, 7) is 9.03. The highest BCUT2D eigenvalue weighted by Crippen LogP contribution is 2.16. The number of nitrogens with one attached hydrogen (secondary N) is 1. The van der Waals surface area contributed by atoms with Crippen LogP contribution in [-0.2, 0) is 11.3 Å². The van der Waals surface area contributed by atoms with Gasteiger partial charge in [0.05, 0.1) is 19.6 Å². The molecule has 1 aliphatic heterocycles. The number of rotatable bonds is 7. The van der Waals surface area contributed by atoms with Crippen molar-refractivity contribution in [3.63, 3.8) is 0 Å². The predicted molar refractivity (Wildman–Crippen MR) is 116 cm³/mol. The first kappa shape index (κ1) is 20.3. The summed E-state index contributed by atoms with van der Waals surface area (Å²) in [5.41, 5.74) is 3.89. The number of quaternary nitrogens is 1. The summed E-state index contributed by atoms with van der Waals surface area (Å²) in [6.07, 6.45) is 4.28. The summed E-state index contributed by atoms with van der Waals surface area (Å²) in [7, 11) is 0. The van der Waals surface area contributed by atoms with Crippen LogP contribution in [0.1, 0.15) is 37.8 Å². The topological polar surface area (TPSA) is 24.8 Å². The minimum atomic E-state index is 0.186. The van der Waals surface area contributed by atoms with E-state index in [9.17, 15) is 4.79 Å². The van der Waals surface area contributed by atoms with Gasteiger partial charge in [0.25, 0.3) is 0 Å². The molecule has 0 atom stereocenters. The van der Waals surface area contributed by atoms with Crippen LogP contribution >= 0.6 is 0 Å². The third kappa shape index (κ3) is 5.80. The number of hydrogen-bond donors (Lipinski definition) is 1. The normalized spacial score (nSPS) is 20.0. The van der Waals surface area contributed by atoms with E-state index in [1.807, 2.05) is 23.1 Å². The van der Waals surface area contributed by atoms with Crippen LogP contribution in [0.25, 0.3) is 6.08 Å². The van der Waals surface area contributed by atoms with Crippen molar-refractivity contribution in [2.75, 3.05) is 26.2 Å². The van der Waals surface area contributed by atoms with E-state index in [2.05, 4.69) is 62.4 Å². The molecule has 2 aromatic rings. The molecular weight excluding hydrogens is 344 g/mol. The third-order valence-electron chi connectivity index (χ3n) is 5.69. The summed E-state index contributed by atoms with van der Waals surface area (Å²) in [5, 5.41) is 0. The summed E-state index contributed by atoms with van der Waals surface area (Å²) < 4.78 is 0. The third-order valence-corrected chi connectivity index (χ3v) is 5.69. The zero-order chi connectivity index (χ0) is 19.8. The molecule has 1 aliphatic rings. The lowest BCUT2D eigenvalue weighted by Crippen LogP contribution is -3.13. The van der Waals surface area contributed by atoms with Crippen LogP contribution in [-0.4, -0.2) is 37.0 Å². The van der Waals surface area contributed by atoms with E-state index in [-0.39, 0.29) is 5.92 Å². The van der Waals surface area contributed by atoms with E-state index < -0.39 is 0 Å². The monoisotopic (exact) mass is 377 g/mol. The molecule has 0 spiro atoms. The Bertz CT molecular complexity index is 762. The lowest BCUT2D eigenvalue weighted by atomic mass is 9.94. The molecule has 1 amide bonds. The summed E-state index contributed by atoms with van der Waals surface area (Å²) in [5.74, 6) is 0.521. The van der Waals surface area contributed by atoms with E-state index >= 15 is 0 Å². The molecule has 0 aliphatic carbocycles. The zero-order valence-corrected chi connectivity index (χ0v) is 17.2. The molecule has 0 radical (unpaired) electrons. The number of benzene rings is 2. The van der Waals surface area contributed by atoms with Crippen molar-refractivity contribution in [1.82, 2.24) is 4.90 Å². The highest BCUT2D eigenvalue weighted by Gasteiger charge is 2.30. The lowest BCUT2D eigenvalue weighted by Gasteiger charge is -2.32. The standard InChI is InChI=1S/C25H32N2O/c1-3-27(20-23-12-8-5-9-13-23)25(28)24-14-16-26(17-15-24)19-21(2)18-22-10-6-4-7-11-22/h4-13,18,24H,3,14-17,19-20H2,1-2H3/p+1/b21-18-. The number of piperidine rings is 1. The highest BCUT2D eigenvalue weighted by molar-refractivity contribution is 5.78. The van der Waals surface area contributed by atoms with Crippen molar-refractivity contribution >= 4 is 12.0 Å². The van der Waals surface area contributed by atoms with Gasteiger partial charge in [-0.1, -0.05) is 66.7 Å². The van der Waals surface area contributed by atoms with Crippen molar-refractivity contribution in [1.29, 1.82) is 0 Å². The van der Waals surface area contributed by atoms with E-state index in [1.54, 1.807) is 4.90 Å². The lowest BCUT2D eigenvalue weighted by molar-refractivity contribution is -0.901. The Kier molecular flexibility index (Phi) is 7.44. The van der Waals surface area contributed by atoms with Gasteiger partial charge in [-0.2, -0.15) is 0 Å². The smallest absolute Gasteiger partial charge is 0.226 e. The van der Waals surface area contributed by atoms with Crippen LogP contribution < -0.4 is 4.90 Å². The van der Waals surface area contributed by atoms with Crippen LogP contribution in [0.2, 0.25) is 0 Å². The fourth-order valence-corrected chi connectivity index (χ4v) is 4.14. The molecule has 2 aromatic carbocycles. The van der Waals surface area contributed by atoms with E-state index in [0.717, 1.165) is 45.6 Å². The molecule has 1 saturated heterocycles. The molecule has 1 heterocycles. The maximum Gasteiger partial charge on any atom is 0.226 e.